The summed E-state index contributed by atoms with van der Waals surface area (Å²) in [7, 11) is 1.65. The molecular weight excluding hydrogens is 344 g/mol. The molecule has 5 nitrogen and oxygen atoms in total. The van der Waals surface area contributed by atoms with E-state index in [0.29, 0.717) is 12.4 Å². The van der Waals surface area contributed by atoms with Crippen LogP contribution in [0.1, 0.15) is 11.1 Å². The molecule has 0 aliphatic carbocycles. The van der Waals surface area contributed by atoms with Crippen molar-refractivity contribution in [2.45, 2.75) is 13.5 Å². The van der Waals surface area contributed by atoms with E-state index in [1.54, 1.807) is 11.9 Å². The van der Waals surface area contributed by atoms with Gasteiger partial charge in [-0.05, 0) is 35.9 Å². The van der Waals surface area contributed by atoms with Crippen molar-refractivity contribution >= 4 is 15.9 Å². The van der Waals surface area contributed by atoms with Crippen molar-refractivity contribution in [2.75, 3.05) is 7.11 Å². The molecule has 22 heavy (non-hydrogen) atoms. The largest absolute Gasteiger partial charge is 0.496 e. The highest BCUT2D eigenvalue weighted by Gasteiger charge is 2.10. The minimum absolute atomic E-state index is 0.501. The highest BCUT2D eigenvalue weighted by atomic mass is 79.9. The van der Waals surface area contributed by atoms with Gasteiger partial charge < -0.3 is 4.74 Å². The second-order valence-electron chi connectivity index (χ2n) is 4.91. The fourth-order valence-corrected chi connectivity index (χ4v) is 2.67. The van der Waals surface area contributed by atoms with Gasteiger partial charge in [-0.2, -0.15) is 4.80 Å². The molecule has 1 heterocycles. The summed E-state index contributed by atoms with van der Waals surface area (Å²) in [5.41, 5.74) is 3.11. The zero-order valence-corrected chi connectivity index (χ0v) is 13.9. The molecule has 6 heteroatoms. The third-order valence-electron chi connectivity index (χ3n) is 3.39. The standard InChI is InChI=1S/C16H15BrN4O/c1-11-5-3-4-6-14(11)16-18-20-21(19-16)10-12-9-13(17)7-8-15(12)22-2/h3-9H,10H2,1-2H3. The van der Waals surface area contributed by atoms with Crippen LogP contribution in [0.3, 0.4) is 0 Å². The smallest absolute Gasteiger partial charge is 0.205 e. The predicted molar refractivity (Wildman–Crippen MR) is 87.8 cm³/mol. The third kappa shape index (κ3) is 3.01. The first-order valence-corrected chi connectivity index (χ1v) is 7.63. The van der Waals surface area contributed by atoms with Crippen molar-refractivity contribution in [3.05, 3.63) is 58.1 Å². The number of hydrogen-bond acceptors (Lipinski definition) is 4. The van der Waals surface area contributed by atoms with E-state index in [-0.39, 0.29) is 0 Å². The maximum absolute atomic E-state index is 5.37. The maximum atomic E-state index is 5.37. The van der Waals surface area contributed by atoms with E-state index in [4.69, 9.17) is 4.74 Å². The summed E-state index contributed by atoms with van der Waals surface area (Å²) in [4.78, 5) is 1.58. The van der Waals surface area contributed by atoms with E-state index in [1.165, 1.54) is 0 Å². The van der Waals surface area contributed by atoms with Crippen LogP contribution in [0, 0.1) is 6.92 Å². The molecule has 0 aliphatic rings. The molecular formula is C16H15BrN4O. The highest BCUT2D eigenvalue weighted by Crippen LogP contribution is 2.24. The lowest BCUT2D eigenvalue weighted by Crippen LogP contribution is -2.05. The summed E-state index contributed by atoms with van der Waals surface area (Å²) in [6, 6.07) is 13.9. The summed E-state index contributed by atoms with van der Waals surface area (Å²) >= 11 is 3.47. The molecule has 0 N–H and O–H groups in total. The Labute approximate surface area is 137 Å². The van der Waals surface area contributed by atoms with Gasteiger partial charge in [0.15, 0.2) is 0 Å². The number of hydrogen-bond donors (Lipinski definition) is 0. The van der Waals surface area contributed by atoms with Crippen LogP contribution >= 0.6 is 15.9 Å². The third-order valence-corrected chi connectivity index (χ3v) is 3.89. The predicted octanol–water partition coefficient (Wildman–Crippen LogP) is 3.47. The fourth-order valence-electron chi connectivity index (χ4n) is 2.26. The number of ether oxygens (including phenoxy) is 1. The van der Waals surface area contributed by atoms with Gasteiger partial charge in [0.25, 0.3) is 0 Å². The van der Waals surface area contributed by atoms with E-state index < -0.39 is 0 Å². The SMILES string of the molecule is COc1ccc(Br)cc1Cn1nnc(-c2ccccc2C)n1. The van der Waals surface area contributed by atoms with Gasteiger partial charge in [0.05, 0.1) is 13.7 Å². The average molecular weight is 359 g/mol. The molecule has 0 bridgehead atoms. The topological polar surface area (TPSA) is 52.8 Å². The quantitative estimate of drug-likeness (QED) is 0.716. The Balaban J connectivity index is 1.89. The minimum Gasteiger partial charge on any atom is -0.496 e. The van der Waals surface area contributed by atoms with Crippen LogP contribution in [0.5, 0.6) is 5.75 Å². The Morgan fingerprint density at radius 2 is 2.00 bits per heavy atom. The first-order valence-electron chi connectivity index (χ1n) is 6.83. The van der Waals surface area contributed by atoms with Gasteiger partial charge in [-0.25, -0.2) is 0 Å². The number of nitrogens with zero attached hydrogens (tertiary/aromatic N) is 4. The van der Waals surface area contributed by atoms with E-state index in [2.05, 4.69) is 31.3 Å². The molecule has 0 amide bonds. The van der Waals surface area contributed by atoms with Crippen LogP contribution in [-0.4, -0.2) is 27.3 Å². The van der Waals surface area contributed by atoms with E-state index in [9.17, 15) is 0 Å². The molecule has 0 radical (unpaired) electrons. The van der Waals surface area contributed by atoms with E-state index in [0.717, 1.165) is 26.9 Å². The van der Waals surface area contributed by atoms with Crippen LogP contribution in [0.4, 0.5) is 0 Å². The molecule has 0 aliphatic heterocycles. The Hall–Kier alpha value is -2.21. The Morgan fingerprint density at radius 3 is 2.77 bits per heavy atom. The summed E-state index contributed by atoms with van der Waals surface area (Å²) in [5, 5.41) is 12.8. The second kappa shape index (κ2) is 6.27. The van der Waals surface area contributed by atoms with Crippen molar-refractivity contribution in [1.29, 1.82) is 0 Å². The fraction of sp³-hybridized carbons (Fsp3) is 0.188. The Bertz CT molecular complexity index is 800. The first-order chi connectivity index (χ1) is 10.7. The average Bonchev–Trinajstić information content (AvgIpc) is 2.96. The van der Waals surface area contributed by atoms with Crippen molar-refractivity contribution in [1.82, 2.24) is 20.2 Å². The van der Waals surface area contributed by atoms with Crippen LogP contribution in [-0.2, 0) is 6.54 Å². The second-order valence-corrected chi connectivity index (χ2v) is 5.83. The monoisotopic (exact) mass is 358 g/mol. The highest BCUT2D eigenvalue weighted by molar-refractivity contribution is 9.10. The number of tetrazole rings is 1. The summed E-state index contributed by atoms with van der Waals surface area (Å²) < 4.78 is 6.36. The normalized spacial score (nSPS) is 10.7. The molecule has 3 aromatic rings. The Morgan fingerprint density at radius 1 is 1.18 bits per heavy atom. The van der Waals surface area contributed by atoms with Crippen molar-refractivity contribution in [2.24, 2.45) is 0 Å². The van der Waals surface area contributed by atoms with E-state index in [1.807, 2.05) is 49.4 Å². The van der Waals surface area contributed by atoms with Crippen LogP contribution in [0.2, 0.25) is 0 Å². The Kier molecular flexibility index (Phi) is 4.20. The molecule has 0 unspecified atom stereocenters. The van der Waals surface area contributed by atoms with Gasteiger partial charge in [0, 0.05) is 15.6 Å². The lowest BCUT2D eigenvalue weighted by molar-refractivity contribution is 0.405. The number of aryl methyl sites for hydroxylation is 1. The van der Waals surface area contributed by atoms with E-state index >= 15 is 0 Å². The number of halogens is 1. The van der Waals surface area contributed by atoms with Crippen molar-refractivity contribution < 1.29 is 4.74 Å². The lowest BCUT2D eigenvalue weighted by atomic mass is 10.1. The number of benzene rings is 2. The maximum Gasteiger partial charge on any atom is 0.205 e. The molecule has 0 fully saturated rings. The summed E-state index contributed by atoms with van der Waals surface area (Å²) in [5.74, 6) is 1.44. The van der Waals surface area contributed by atoms with Gasteiger partial charge in [-0.1, -0.05) is 40.2 Å². The molecule has 0 saturated carbocycles. The minimum atomic E-state index is 0.501. The first kappa shape index (κ1) is 14.7. The molecule has 1 aromatic heterocycles. The lowest BCUT2D eigenvalue weighted by Gasteiger charge is -2.07. The summed E-state index contributed by atoms with van der Waals surface area (Å²) in [6.07, 6.45) is 0. The van der Waals surface area contributed by atoms with Crippen LogP contribution < -0.4 is 4.74 Å². The zero-order chi connectivity index (χ0) is 15.5. The summed E-state index contributed by atoms with van der Waals surface area (Å²) in [6.45, 7) is 2.54. The molecule has 0 saturated heterocycles. The number of methoxy groups -OCH3 is 1. The zero-order valence-electron chi connectivity index (χ0n) is 12.3. The van der Waals surface area contributed by atoms with Gasteiger partial charge in [-0.15, -0.1) is 10.2 Å². The molecule has 0 spiro atoms. The van der Waals surface area contributed by atoms with Crippen molar-refractivity contribution in [3.63, 3.8) is 0 Å². The molecule has 2 aromatic carbocycles. The van der Waals surface area contributed by atoms with Crippen LogP contribution in [0.25, 0.3) is 11.4 Å². The van der Waals surface area contributed by atoms with Gasteiger partial charge in [0.1, 0.15) is 5.75 Å². The number of rotatable bonds is 4. The van der Waals surface area contributed by atoms with Gasteiger partial charge in [0.2, 0.25) is 5.82 Å². The molecule has 3 rings (SSSR count). The molecule has 0 atom stereocenters. The van der Waals surface area contributed by atoms with Crippen LogP contribution in [0.15, 0.2) is 46.9 Å². The number of aromatic nitrogens is 4. The van der Waals surface area contributed by atoms with Gasteiger partial charge >= 0.3 is 0 Å². The van der Waals surface area contributed by atoms with Gasteiger partial charge in [-0.3, -0.25) is 0 Å². The molecule has 112 valence electrons. The van der Waals surface area contributed by atoms with Crippen molar-refractivity contribution in [3.8, 4) is 17.1 Å².